The fourth-order valence-corrected chi connectivity index (χ4v) is 1.72. The van der Waals surface area contributed by atoms with Crippen LogP contribution in [-0.2, 0) is 7.05 Å². The lowest BCUT2D eigenvalue weighted by Gasteiger charge is -2.17. The van der Waals surface area contributed by atoms with Crippen molar-refractivity contribution in [2.75, 3.05) is 7.11 Å². The van der Waals surface area contributed by atoms with Crippen molar-refractivity contribution in [1.29, 1.82) is 0 Å². The molecule has 0 radical (unpaired) electrons. The van der Waals surface area contributed by atoms with Gasteiger partial charge in [0, 0.05) is 25.6 Å². The molecule has 2 aromatic rings. The van der Waals surface area contributed by atoms with E-state index in [0.29, 0.717) is 11.4 Å². The maximum absolute atomic E-state index is 5.59. The normalized spacial score (nSPS) is 12.4. The monoisotopic (exact) mass is 233 g/mol. The third-order valence-corrected chi connectivity index (χ3v) is 2.58. The molecule has 0 spiro atoms. The van der Waals surface area contributed by atoms with Crippen LogP contribution in [0.4, 0.5) is 0 Å². The van der Waals surface area contributed by atoms with E-state index >= 15 is 0 Å². The molecule has 3 N–H and O–H groups in total. The summed E-state index contributed by atoms with van der Waals surface area (Å²) >= 11 is 0. The maximum Gasteiger partial charge on any atom is 0.142 e. The second kappa shape index (κ2) is 4.94. The molecule has 17 heavy (non-hydrogen) atoms. The molecule has 6 nitrogen and oxygen atoms in total. The number of hydrazine groups is 1. The smallest absolute Gasteiger partial charge is 0.142 e. The Balaban J connectivity index is 2.46. The van der Waals surface area contributed by atoms with E-state index < -0.39 is 0 Å². The second-order valence-corrected chi connectivity index (χ2v) is 3.59. The van der Waals surface area contributed by atoms with Gasteiger partial charge in [0.15, 0.2) is 0 Å². The van der Waals surface area contributed by atoms with E-state index in [1.165, 1.54) is 0 Å². The van der Waals surface area contributed by atoms with Crippen LogP contribution >= 0.6 is 0 Å². The molecule has 0 saturated carbocycles. The number of nitrogens with one attached hydrogen (secondary N) is 1. The molecular weight excluding hydrogens is 218 g/mol. The van der Waals surface area contributed by atoms with Gasteiger partial charge in [-0.2, -0.15) is 0 Å². The van der Waals surface area contributed by atoms with Crippen LogP contribution in [0.3, 0.4) is 0 Å². The van der Waals surface area contributed by atoms with Crippen LogP contribution in [0, 0.1) is 0 Å². The quantitative estimate of drug-likeness (QED) is 0.589. The van der Waals surface area contributed by atoms with Gasteiger partial charge in [0.2, 0.25) is 0 Å². The Hall–Kier alpha value is -1.92. The number of nitrogens with zero attached hydrogens (tertiary/aromatic N) is 3. The summed E-state index contributed by atoms with van der Waals surface area (Å²) in [6, 6.07) is 3.36. The number of nitrogens with two attached hydrogens (primary N) is 1. The lowest BCUT2D eigenvalue weighted by molar-refractivity contribution is 0.398. The maximum atomic E-state index is 5.59. The number of rotatable bonds is 4. The molecular formula is C11H15N5O. The Morgan fingerprint density at radius 2 is 2.24 bits per heavy atom. The first-order valence-electron chi connectivity index (χ1n) is 5.20. The minimum absolute atomic E-state index is 0.300. The molecule has 90 valence electrons. The number of hydrogen-bond donors (Lipinski definition) is 2. The van der Waals surface area contributed by atoms with E-state index in [2.05, 4.69) is 15.4 Å². The van der Waals surface area contributed by atoms with Gasteiger partial charge in [0.1, 0.15) is 23.3 Å². The number of ether oxygens (including phenoxy) is 1. The van der Waals surface area contributed by atoms with Crippen molar-refractivity contribution in [3.8, 4) is 5.75 Å². The highest BCUT2D eigenvalue weighted by Crippen LogP contribution is 2.25. The molecule has 0 aliphatic rings. The molecule has 1 atom stereocenters. The predicted molar refractivity (Wildman–Crippen MR) is 63.2 cm³/mol. The molecule has 0 saturated heterocycles. The lowest BCUT2D eigenvalue weighted by Crippen LogP contribution is -2.31. The van der Waals surface area contributed by atoms with Crippen molar-refractivity contribution < 1.29 is 4.74 Å². The van der Waals surface area contributed by atoms with Crippen LogP contribution < -0.4 is 16.0 Å². The first kappa shape index (κ1) is 11.6. The molecule has 0 fully saturated rings. The summed E-state index contributed by atoms with van der Waals surface area (Å²) in [5, 5.41) is 0. The van der Waals surface area contributed by atoms with E-state index in [9.17, 15) is 0 Å². The van der Waals surface area contributed by atoms with Gasteiger partial charge < -0.3 is 9.30 Å². The summed E-state index contributed by atoms with van der Waals surface area (Å²) in [6.07, 6.45) is 5.27. The first-order chi connectivity index (χ1) is 8.27. The average Bonchev–Trinajstić information content (AvgIpc) is 2.78. The predicted octanol–water partition coefficient (Wildman–Crippen LogP) is 0.376. The summed E-state index contributed by atoms with van der Waals surface area (Å²) in [5.74, 6) is 7.05. The summed E-state index contributed by atoms with van der Waals surface area (Å²) in [6.45, 7) is 0. The van der Waals surface area contributed by atoms with Crippen LogP contribution in [0.15, 0.2) is 30.7 Å². The number of methoxy groups -OCH3 is 1. The molecule has 2 heterocycles. The first-order valence-corrected chi connectivity index (χ1v) is 5.20. The van der Waals surface area contributed by atoms with Crippen LogP contribution in [0.2, 0.25) is 0 Å². The van der Waals surface area contributed by atoms with Crippen molar-refractivity contribution in [3.63, 3.8) is 0 Å². The highest BCUT2D eigenvalue weighted by Gasteiger charge is 2.21. The van der Waals surface area contributed by atoms with E-state index in [-0.39, 0.29) is 6.04 Å². The van der Waals surface area contributed by atoms with E-state index in [0.717, 1.165) is 5.82 Å². The SMILES string of the molecule is COc1cccnc1C(NN)c1nccn1C. The molecule has 0 aromatic carbocycles. The summed E-state index contributed by atoms with van der Waals surface area (Å²) in [5.41, 5.74) is 3.43. The van der Waals surface area contributed by atoms with Gasteiger partial charge in [-0.05, 0) is 12.1 Å². The van der Waals surface area contributed by atoms with Crippen molar-refractivity contribution in [2.24, 2.45) is 12.9 Å². The number of imidazole rings is 1. The standard InChI is InChI=1S/C11H15N5O/c1-16-7-6-14-11(16)10(15-12)9-8(17-2)4-3-5-13-9/h3-7,10,15H,12H2,1-2H3. The van der Waals surface area contributed by atoms with Gasteiger partial charge >= 0.3 is 0 Å². The molecule has 2 rings (SSSR count). The highest BCUT2D eigenvalue weighted by molar-refractivity contribution is 5.33. The van der Waals surface area contributed by atoms with Gasteiger partial charge in [0.05, 0.1) is 7.11 Å². The van der Waals surface area contributed by atoms with Crippen molar-refractivity contribution in [2.45, 2.75) is 6.04 Å². The van der Waals surface area contributed by atoms with Gasteiger partial charge in [-0.15, -0.1) is 0 Å². The zero-order valence-corrected chi connectivity index (χ0v) is 9.79. The molecule has 2 aromatic heterocycles. The van der Waals surface area contributed by atoms with E-state index in [4.69, 9.17) is 10.6 Å². The van der Waals surface area contributed by atoms with Crippen molar-refractivity contribution in [3.05, 3.63) is 42.2 Å². The molecule has 6 heteroatoms. The van der Waals surface area contributed by atoms with Gasteiger partial charge in [-0.1, -0.05) is 0 Å². The fraction of sp³-hybridized carbons (Fsp3) is 0.273. The Kier molecular flexibility index (Phi) is 3.36. The minimum atomic E-state index is -0.300. The van der Waals surface area contributed by atoms with Gasteiger partial charge in [-0.3, -0.25) is 10.8 Å². The second-order valence-electron chi connectivity index (χ2n) is 3.59. The largest absolute Gasteiger partial charge is 0.495 e. The number of hydrogen-bond acceptors (Lipinski definition) is 5. The third-order valence-electron chi connectivity index (χ3n) is 2.58. The molecule has 0 bridgehead atoms. The van der Waals surface area contributed by atoms with E-state index in [1.54, 1.807) is 19.5 Å². The minimum Gasteiger partial charge on any atom is -0.495 e. The zero-order valence-electron chi connectivity index (χ0n) is 9.79. The number of aromatic nitrogens is 3. The molecule has 0 aliphatic carbocycles. The average molecular weight is 233 g/mol. The van der Waals surface area contributed by atoms with Crippen molar-refractivity contribution in [1.82, 2.24) is 20.0 Å². The lowest BCUT2D eigenvalue weighted by atomic mass is 10.1. The topological polar surface area (TPSA) is 78.0 Å². The molecule has 0 aliphatic heterocycles. The highest BCUT2D eigenvalue weighted by atomic mass is 16.5. The van der Waals surface area contributed by atoms with Crippen LogP contribution in [0.25, 0.3) is 0 Å². The fourth-order valence-electron chi connectivity index (χ4n) is 1.72. The van der Waals surface area contributed by atoms with E-state index in [1.807, 2.05) is 29.9 Å². The third kappa shape index (κ3) is 2.13. The number of aryl methyl sites for hydroxylation is 1. The Morgan fingerprint density at radius 1 is 1.41 bits per heavy atom. The number of pyridine rings is 1. The van der Waals surface area contributed by atoms with Crippen molar-refractivity contribution >= 4 is 0 Å². The Labute approximate surface area is 99.4 Å². The van der Waals surface area contributed by atoms with Gasteiger partial charge in [-0.25, -0.2) is 10.4 Å². The summed E-state index contributed by atoms with van der Waals surface area (Å²) in [4.78, 5) is 8.56. The van der Waals surface area contributed by atoms with Crippen LogP contribution in [-0.4, -0.2) is 21.6 Å². The summed E-state index contributed by atoms with van der Waals surface area (Å²) < 4.78 is 7.16. The Bertz CT molecular complexity index is 496. The zero-order chi connectivity index (χ0) is 12.3. The molecule has 1 unspecified atom stereocenters. The van der Waals surface area contributed by atoms with Crippen LogP contribution in [0.1, 0.15) is 17.6 Å². The van der Waals surface area contributed by atoms with Gasteiger partial charge in [0.25, 0.3) is 0 Å². The van der Waals surface area contributed by atoms with Crippen LogP contribution in [0.5, 0.6) is 5.75 Å². The summed E-state index contributed by atoms with van der Waals surface area (Å²) in [7, 11) is 3.51. The Morgan fingerprint density at radius 3 is 2.82 bits per heavy atom. The molecule has 0 amide bonds.